The van der Waals surface area contributed by atoms with E-state index in [0.717, 1.165) is 0 Å². The number of halogens is 15. The Morgan fingerprint density at radius 2 is 0.723 bits per heavy atom. The van der Waals surface area contributed by atoms with Crippen LogP contribution in [0.25, 0.3) is 56.3 Å². The van der Waals surface area contributed by atoms with Crippen LogP contribution in [-0.4, -0.2) is 83.9 Å². The fourth-order valence-corrected chi connectivity index (χ4v) is 10.5. The summed E-state index contributed by atoms with van der Waals surface area (Å²) >= 11 is 58.1. The van der Waals surface area contributed by atoms with E-state index in [4.69, 9.17) is 132 Å². The van der Waals surface area contributed by atoms with Crippen molar-refractivity contribution in [2.45, 2.75) is 44.0 Å². The number of aromatic nitrogens is 5. The number of ether oxygens (including phenoxy) is 2. The smallest absolute Gasteiger partial charge is 0.338 e. The molecule has 0 amide bonds. The number of esters is 2. The number of aliphatic hydroxyl groups excluding tert-OH is 4. The van der Waals surface area contributed by atoms with Crippen molar-refractivity contribution >= 4 is 134 Å². The number of rotatable bonds is 16. The lowest BCUT2D eigenvalue weighted by atomic mass is 10.0. The first-order valence-electron chi connectivity index (χ1n) is 28.7. The van der Waals surface area contributed by atoms with Crippen molar-refractivity contribution in [2.75, 3.05) is 20.8 Å². The molecule has 3 unspecified atom stereocenters. The van der Waals surface area contributed by atoms with Crippen LogP contribution in [0.4, 0.5) is 22.0 Å². The maximum absolute atomic E-state index is 13.2. The SMILES string of the molecule is COC(=O)CC(O)c1cc(Cl)nc(-c2ccc(F)c(Cl)c2)c1.COC(=O)c1cc(Cl)nc(-c2ccc(F)c(Cl)c2)c1.N#CCC(=O)c1cc(Cl)nc(-c2ccc(F)c(Cl)c2)c1.N#CCC(O)c1cc(Cl)nc(-c2ccc(F)c(Cl)c2)c1.OCCC(O)c1cc(Cl)nc(-c2ccc(F)c(Cl)c2)c1. The second kappa shape index (κ2) is 39.3. The van der Waals surface area contributed by atoms with E-state index in [2.05, 4.69) is 34.4 Å². The Balaban J connectivity index is 0.000000199. The first-order valence-corrected chi connectivity index (χ1v) is 32.4. The summed E-state index contributed by atoms with van der Waals surface area (Å²) in [6.45, 7) is -0.140. The summed E-state index contributed by atoms with van der Waals surface area (Å²) < 4.78 is 74.9. The number of aliphatic hydroxyl groups is 4. The van der Waals surface area contributed by atoms with Crippen molar-refractivity contribution in [3.63, 3.8) is 0 Å². The second-order valence-corrected chi connectivity index (χ2v) is 24.5. The van der Waals surface area contributed by atoms with Gasteiger partial charge in [-0.05, 0) is 168 Å². The molecule has 10 aromatic rings. The maximum Gasteiger partial charge on any atom is 0.338 e. The zero-order valence-electron chi connectivity index (χ0n) is 51.8. The molecule has 5 aromatic carbocycles. The Bertz CT molecular complexity index is 4750. The van der Waals surface area contributed by atoms with Gasteiger partial charge in [-0.3, -0.25) is 9.59 Å². The number of carbonyl (C=O) groups excluding carboxylic acids is 3. The predicted molar refractivity (Wildman–Crippen MR) is 378 cm³/mol. The van der Waals surface area contributed by atoms with E-state index in [1.807, 2.05) is 6.07 Å². The quantitative estimate of drug-likeness (QED) is 0.0303. The summed E-state index contributed by atoms with van der Waals surface area (Å²) in [7, 11) is 2.51. The van der Waals surface area contributed by atoms with Crippen molar-refractivity contribution in [3.05, 3.63) is 259 Å². The Morgan fingerprint density at radius 1 is 0.416 bits per heavy atom. The normalized spacial score (nSPS) is 11.4. The molecule has 5 aromatic heterocycles. The van der Waals surface area contributed by atoms with Crippen molar-refractivity contribution in [3.8, 4) is 68.4 Å². The fourth-order valence-electron chi connectivity index (χ4n) is 8.56. The largest absolute Gasteiger partial charge is 0.469 e. The van der Waals surface area contributed by atoms with E-state index in [1.165, 1.54) is 148 Å². The lowest BCUT2D eigenvalue weighted by Gasteiger charge is -2.12. The van der Waals surface area contributed by atoms with Gasteiger partial charge in [-0.25, -0.2) is 51.7 Å². The zero-order valence-corrected chi connectivity index (χ0v) is 59.4. The van der Waals surface area contributed by atoms with Gasteiger partial charge >= 0.3 is 11.9 Å². The van der Waals surface area contributed by atoms with Crippen LogP contribution in [0.2, 0.25) is 50.9 Å². The monoisotopic (exact) mass is 1580 g/mol. The molecule has 0 aliphatic rings. The van der Waals surface area contributed by atoms with Crippen LogP contribution in [0.5, 0.6) is 0 Å². The first-order chi connectivity index (χ1) is 47.9. The van der Waals surface area contributed by atoms with E-state index >= 15 is 0 Å². The number of benzene rings is 5. The molecule has 3 atom stereocenters. The van der Waals surface area contributed by atoms with Gasteiger partial charge in [0, 0.05) is 46.4 Å². The van der Waals surface area contributed by atoms with Gasteiger partial charge in [0.05, 0.1) is 123 Å². The van der Waals surface area contributed by atoms with Gasteiger partial charge in [-0.2, -0.15) is 10.5 Å². The molecule has 0 aliphatic carbocycles. The minimum absolute atomic E-state index is 0.0123. The third kappa shape index (κ3) is 24.5. The molecular weight excluding hydrogens is 1530 g/mol. The van der Waals surface area contributed by atoms with Crippen LogP contribution < -0.4 is 0 Å². The van der Waals surface area contributed by atoms with Crippen LogP contribution in [-0.2, 0) is 14.3 Å². The van der Waals surface area contributed by atoms with Gasteiger partial charge < -0.3 is 29.9 Å². The lowest BCUT2D eigenvalue weighted by molar-refractivity contribution is -0.142. The standard InChI is InChI=1S/C15H12Cl2FNO3.C14H9Cl2FN2O.C14H7Cl2FN2O.C14H12Cl2FNO2.C13H8Cl2FNO2/c1-22-15(21)7-13(20)9-5-12(19-14(17)6-9)8-2-3-11(18)10(16)4-8;2*15-10-5-8(1-2-11(10)17)12-6-9(7-14(16)19-12)13(20)3-4-18;15-10-5-8(1-2-11(10)17)12-6-9(7-14(16)18-12)13(20)3-4-19;1-19-13(18)8-5-11(17-12(15)6-8)7-2-3-10(16)9(14)4-7/h2-6,13,20H,7H2,1H3;1-2,5-7,13,20H,3H2;1-2,5-7H,3H2;1-2,5-7,13,19-20H,3-4H2;2-6H,1H3. The fraction of sp³-hybridized carbons (Fsp3) is 0.143. The Morgan fingerprint density at radius 3 is 1.03 bits per heavy atom. The minimum atomic E-state index is -1.08. The number of nitriles is 2. The Kier molecular flexibility index (Phi) is 31.8. The van der Waals surface area contributed by atoms with Crippen molar-refractivity contribution in [1.82, 2.24) is 24.9 Å². The molecule has 522 valence electrons. The van der Waals surface area contributed by atoms with Crippen LogP contribution in [0.3, 0.4) is 0 Å². The average Bonchev–Trinajstić information content (AvgIpc) is 0.853. The number of methoxy groups -OCH3 is 2. The molecule has 0 aliphatic heterocycles. The molecule has 10 rings (SSSR count). The number of hydrogen-bond donors (Lipinski definition) is 4. The number of hydrogen-bond acceptors (Lipinski definition) is 16. The molecular formula is C70H48Cl10F5N7O9. The van der Waals surface area contributed by atoms with Gasteiger partial charge in [0.25, 0.3) is 0 Å². The highest BCUT2D eigenvalue weighted by Gasteiger charge is 2.20. The number of nitrogens with zero attached hydrogens (tertiary/aromatic N) is 7. The number of Topliss-reactive ketones (excluding diaryl/α,β-unsaturated/α-hetero) is 1. The third-order valence-corrected chi connectivity index (χ3v) is 15.9. The number of pyridine rings is 5. The molecule has 0 fully saturated rings. The van der Waals surface area contributed by atoms with Gasteiger partial charge in [0.15, 0.2) is 5.78 Å². The van der Waals surface area contributed by atoms with Crippen molar-refractivity contribution < 1.29 is 66.2 Å². The molecule has 0 saturated heterocycles. The van der Waals surface area contributed by atoms with Crippen LogP contribution in [0, 0.1) is 51.7 Å². The highest BCUT2D eigenvalue weighted by Crippen LogP contribution is 2.34. The predicted octanol–water partition coefficient (Wildman–Crippen LogP) is 19.8. The van der Waals surface area contributed by atoms with Crippen LogP contribution >= 0.6 is 116 Å². The summed E-state index contributed by atoms with van der Waals surface area (Å²) in [6.07, 6.45) is -3.17. The minimum Gasteiger partial charge on any atom is -0.469 e. The third-order valence-electron chi connectivity index (χ3n) is 13.5. The highest BCUT2D eigenvalue weighted by atomic mass is 35.5. The Hall–Kier alpha value is -8.17. The van der Waals surface area contributed by atoms with Crippen LogP contribution in [0.15, 0.2) is 152 Å². The van der Waals surface area contributed by atoms with Gasteiger partial charge in [0.1, 0.15) is 54.9 Å². The van der Waals surface area contributed by atoms with Gasteiger partial charge in [0.2, 0.25) is 0 Å². The molecule has 16 nitrogen and oxygen atoms in total. The summed E-state index contributed by atoms with van der Waals surface area (Å²) in [4.78, 5) is 54.9. The number of ketones is 1. The van der Waals surface area contributed by atoms with E-state index in [1.54, 1.807) is 24.3 Å². The zero-order chi connectivity index (χ0) is 74.4. The van der Waals surface area contributed by atoms with E-state index < -0.39 is 59.3 Å². The lowest BCUT2D eigenvalue weighted by Crippen LogP contribution is -2.08. The van der Waals surface area contributed by atoms with E-state index in [0.29, 0.717) is 73.0 Å². The second-order valence-electron chi connectivity index (χ2n) is 20.5. The van der Waals surface area contributed by atoms with E-state index in [-0.39, 0.29) is 100 Å². The Labute approximate surface area is 623 Å². The topological polar surface area (TPSA) is 263 Å². The highest BCUT2D eigenvalue weighted by molar-refractivity contribution is 6.33. The molecule has 31 heteroatoms. The van der Waals surface area contributed by atoms with Crippen LogP contribution in [0.1, 0.15) is 81.4 Å². The molecule has 0 saturated carbocycles. The summed E-state index contributed by atoms with van der Waals surface area (Å²) in [5.41, 5.74) is 6.89. The molecule has 5 heterocycles. The summed E-state index contributed by atoms with van der Waals surface area (Å²) in [6, 6.07) is 39.4. The van der Waals surface area contributed by atoms with Gasteiger partial charge in [-0.15, -0.1) is 0 Å². The molecule has 0 spiro atoms. The van der Waals surface area contributed by atoms with Crippen molar-refractivity contribution in [2.24, 2.45) is 0 Å². The van der Waals surface area contributed by atoms with Gasteiger partial charge in [-0.1, -0.05) is 116 Å². The maximum atomic E-state index is 13.2. The molecule has 0 bridgehead atoms. The summed E-state index contributed by atoms with van der Waals surface area (Å²) in [5.74, 6) is -4.09. The van der Waals surface area contributed by atoms with E-state index in [9.17, 15) is 51.7 Å². The van der Waals surface area contributed by atoms with Crippen molar-refractivity contribution in [1.29, 1.82) is 10.5 Å². The average molecular weight is 1580 g/mol. The first kappa shape index (κ1) is 81.8. The molecule has 4 N–H and O–H groups in total. The summed E-state index contributed by atoms with van der Waals surface area (Å²) in [5, 5.41) is 56.4. The molecule has 101 heavy (non-hydrogen) atoms. The molecule has 0 radical (unpaired) electrons. The number of carbonyl (C=O) groups is 3.